The largest absolute Gasteiger partial charge is 0.394 e. The van der Waals surface area contributed by atoms with Crippen LogP contribution in [-0.2, 0) is 23.7 Å². The average molecular weight is 968 g/mol. The summed E-state index contributed by atoms with van der Waals surface area (Å²) in [7, 11) is 0. The van der Waals surface area contributed by atoms with Gasteiger partial charge in [0.25, 0.3) is 0 Å². The number of carbonyl (C=O) groups is 1. The number of aliphatic hydroxyl groups excluding tert-OH is 8. The van der Waals surface area contributed by atoms with E-state index in [4.69, 9.17) is 18.9 Å². The van der Waals surface area contributed by atoms with E-state index < -0.39 is 86.8 Å². The van der Waals surface area contributed by atoms with Crippen LogP contribution in [0.15, 0.2) is 48.6 Å². The quantitative estimate of drug-likeness (QED) is 0.0212. The van der Waals surface area contributed by atoms with Crippen LogP contribution in [0.4, 0.5) is 0 Å². The molecule has 2 heterocycles. The lowest BCUT2D eigenvalue weighted by atomic mass is 9.97. The highest BCUT2D eigenvalue weighted by molar-refractivity contribution is 5.76. The predicted octanol–water partition coefficient (Wildman–Crippen LogP) is 7.66. The normalized spacial score (nSPS) is 26.7. The zero-order valence-electron chi connectivity index (χ0n) is 42.1. The Morgan fingerprint density at radius 3 is 1.56 bits per heavy atom. The second kappa shape index (κ2) is 40.5. The molecule has 0 spiro atoms. The summed E-state index contributed by atoms with van der Waals surface area (Å²) in [6.07, 6.45) is 31.0. The highest BCUT2D eigenvalue weighted by atomic mass is 16.7. The molecule has 12 unspecified atom stereocenters. The molecule has 68 heavy (non-hydrogen) atoms. The third-order valence-corrected chi connectivity index (χ3v) is 13.1. The number of ether oxygens (including phenoxy) is 4. The van der Waals surface area contributed by atoms with Crippen LogP contribution in [0.5, 0.6) is 0 Å². The maximum absolute atomic E-state index is 13.2. The summed E-state index contributed by atoms with van der Waals surface area (Å²) in [6, 6.07) is -0.837. The van der Waals surface area contributed by atoms with Crippen LogP contribution in [0.25, 0.3) is 0 Å². The fourth-order valence-corrected chi connectivity index (χ4v) is 8.70. The number of hydrogen-bond acceptors (Lipinski definition) is 13. The molecule has 9 N–H and O–H groups in total. The van der Waals surface area contributed by atoms with Crippen molar-refractivity contribution in [3.8, 4) is 0 Å². The Bertz CT molecular complexity index is 1330. The van der Waals surface area contributed by atoms with Crippen molar-refractivity contribution in [2.75, 3.05) is 19.8 Å². The molecule has 2 fully saturated rings. The van der Waals surface area contributed by atoms with Gasteiger partial charge in [-0.25, -0.2) is 0 Å². The zero-order valence-corrected chi connectivity index (χ0v) is 42.1. The molecule has 14 heteroatoms. The molecule has 12 atom stereocenters. The van der Waals surface area contributed by atoms with E-state index in [0.717, 1.165) is 89.9 Å². The summed E-state index contributed by atoms with van der Waals surface area (Å²) in [4.78, 5) is 13.2. The second-order valence-corrected chi connectivity index (χ2v) is 19.0. The van der Waals surface area contributed by atoms with Crippen LogP contribution in [-0.4, -0.2) is 140 Å². The van der Waals surface area contributed by atoms with E-state index in [1.54, 1.807) is 0 Å². The smallest absolute Gasteiger partial charge is 0.220 e. The summed E-state index contributed by atoms with van der Waals surface area (Å²) >= 11 is 0. The third-order valence-electron chi connectivity index (χ3n) is 13.1. The first-order valence-corrected chi connectivity index (χ1v) is 26.9. The van der Waals surface area contributed by atoms with E-state index in [0.29, 0.717) is 12.8 Å². The molecule has 0 aromatic carbocycles. The molecule has 2 rings (SSSR count). The van der Waals surface area contributed by atoms with Gasteiger partial charge in [0.15, 0.2) is 12.6 Å². The van der Waals surface area contributed by atoms with E-state index in [1.165, 1.54) is 70.6 Å². The summed E-state index contributed by atoms with van der Waals surface area (Å²) in [5.41, 5.74) is 0. The summed E-state index contributed by atoms with van der Waals surface area (Å²) in [6.45, 7) is 2.73. The number of rotatable bonds is 41. The third kappa shape index (κ3) is 27.0. The van der Waals surface area contributed by atoms with Crippen LogP contribution in [0, 0.1) is 0 Å². The molecule has 0 saturated carbocycles. The Kier molecular flexibility index (Phi) is 37.0. The molecule has 2 saturated heterocycles. The second-order valence-electron chi connectivity index (χ2n) is 19.0. The number of unbranched alkanes of at least 4 members (excludes halogenated alkanes) is 20. The van der Waals surface area contributed by atoms with E-state index in [2.05, 4.69) is 67.8 Å². The highest BCUT2D eigenvalue weighted by Gasteiger charge is 2.51. The fraction of sp³-hybridized carbons (Fsp3) is 0.833. The summed E-state index contributed by atoms with van der Waals surface area (Å²) < 4.78 is 22.8. The van der Waals surface area contributed by atoms with Gasteiger partial charge in [-0.15, -0.1) is 0 Å². The predicted molar refractivity (Wildman–Crippen MR) is 267 cm³/mol. The molecule has 2 aliphatic rings. The molecule has 2 aliphatic heterocycles. The van der Waals surface area contributed by atoms with Crippen LogP contribution >= 0.6 is 0 Å². The standard InChI is InChI=1S/C54H97NO13/c1-3-5-7-9-11-13-15-17-19-20-21-22-24-26-28-30-32-34-36-38-46(59)55-42(43(58)37-35-33-31-29-27-25-23-18-16-14-12-10-8-6-4-2)41-65-53-51(64)49(62)52(45(40-57)67-53)68-54-50(63)48(61)47(60)44(39-56)66-54/h5,7,11,13,17,19,21-22,42-45,47-54,56-58,60-64H,3-4,6,8-10,12,14-16,18,20,23-41H2,1-2H3,(H,55,59)/b7-5-,13-11-,19-17-,22-21-. The Labute approximate surface area is 410 Å². The lowest BCUT2D eigenvalue weighted by molar-refractivity contribution is -0.359. The van der Waals surface area contributed by atoms with Gasteiger partial charge in [0.05, 0.1) is 32.0 Å². The van der Waals surface area contributed by atoms with Gasteiger partial charge in [-0.2, -0.15) is 0 Å². The number of amides is 1. The molecule has 1 amide bonds. The summed E-state index contributed by atoms with van der Waals surface area (Å²) in [5, 5.41) is 87.0. The number of allylic oxidation sites excluding steroid dienone is 8. The first kappa shape index (κ1) is 62.1. The highest BCUT2D eigenvalue weighted by Crippen LogP contribution is 2.30. The molecular formula is C54H97NO13. The average Bonchev–Trinajstić information content (AvgIpc) is 3.34. The first-order valence-electron chi connectivity index (χ1n) is 26.9. The monoisotopic (exact) mass is 968 g/mol. The minimum absolute atomic E-state index is 0.222. The molecule has 0 aromatic rings. The van der Waals surface area contributed by atoms with Crippen molar-refractivity contribution in [1.29, 1.82) is 0 Å². The van der Waals surface area contributed by atoms with Crippen molar-refractivity contribution in [1.82, 2.24) is 5.32 Å². The van der Waals surface area contributed by atoms with E-state index in [-0.39, 0.29) is 18.9 Å². The zero-order chi connectivity index (χ0) is 49.6. The van der Waals surface area contributed by atoms with Gasteiger partial charge in [-0.1, -0.05) is 184 Å². The molecular weight excluding hydrogens is 871 g/mol. The van der Waals surface area contributed by atoms with Gasteiger partial charge in [-0.05, 0) is 51.4 Å². The van der Waals surface area contributed by atoms with Gasteiger partial charge in [0, 0.05) is 6.42 Å². The van der Waals surface area contributed by atoms with Crippen LogP contribution in [0.2, 0.25) is 0 Å². The molecule has 14 nitrogen and oxygen atoms in total. The van der Waals surface area contributed by atoms with Crippen LogP contribution < -0.4 is 5.32 Å². The van der Waals surface area contributed by atoms with Gasteiger partial charge < -0.3 is 65.1 Å². The topological polar surface area (TPSA) is 228 Å². The lowest BCUT2D eigenvalue weighted by Gasteiger charge is -2.46. The SMILES string of the molecule is CC/C=C\C/C=C\C/C=C\C/C=C\CCCCCCCCC(=O)NC(COC1OC(CO)C(OC2OC(CO)C(O)C(O)C2O)C(O)C1O)C(O)CCCCCCCCCCCCCCCCC. The number of hydrogen-bond donors (Lipinski definition) is 9. The van der Waals surface area contributed by atoms with Crippen molar-refractivity contribution in [2.24, 2.45) is 0 Å². The number of nitrogens with one attached hydrogen (secondary N) is 1. The molecule has 0 bridgehead atoms. The van der Waals surface area contributed by atoms with Gasteiger partial charge in [0.2, 0.25) is 5.91 Å². The van der Waals surface area contributed by atoms with Crippen molar-refractivity contribution in [3.05, 3.63) is 48.6 Å². The van der Waals surface area contributed by atoms with Crippen LogP contribution in [0.1, 0.15) is 194 Å². The van der Waals surface area contributed by atoms with E-state index in [9.17, 15) is 45.6 Å². The van der Waals surface area contributed by atoms with E-state index >= 15 is 0 Å². The maximum Gasteiger partial charge on any atom is 0.220 e. The number of carbonyl (C=O) groups excluding carboxylic acids is 1. The minimum atomic E-state index is -1.78. The van der Waals surface area contributed by atoms with Gasteiger partial charge >= 0.3 is 0 Å². The first-order chi connectivity index (χ1) is 33.1. The van der Waals surface area contributed by atoms with Crippen molar-refractivity contribution < 1.29 is 64.6 Å². The summed E-state index contributed by atoms with van der Waals surface area (Å²) in [5.74, 6) is -0.222. The fourth-order valence-electron chi connectivity index (χ4n) is 8.70. The Hall–Kier alpha value is -2.05. The lowest BCUT2D eigenvalue weighted by Crippen LogP contribution is -2.65. The minimum Gasteiger partial charge on any atom is -0.394 e. The van der Waals surface area contributed by atoms with Crippen molar-refractivity contribution >= 4 is 5.91 Å². The molecule has 0 aromatic heterocycles. The molecule has 396 valence electrons. The van der Waals surface area contributed by atoms with Gasteiger partial charge in [0.1, 0.15) is 48.8 Å². The Balaban J connectivity index is 1.81. The van der Waals surface area contributed by atoms with Crippen molar-refractivity contribution in [3.63, 3.8) is 0 Å². The van der Waals surface area contributed by atoms with Gasteiger partial charge in [-0.3, -0.25) is 4.79 Å². The van der Waals surface area contributed by atoms with E-state index in [1.807, 2.05) is 0 Å². The molecule has 0 aliphatic carbocycles. The maximum atomic E-state index is 13.2. The molecule has 0 radical (unpaired) electrons. The van der Waals surface area contributed by atoms with Crippen LogP contribution in [0.3, 0.4) is 0 Å². The van der Waals surface area contributed by atoms with Crippen molar-refractivity contribution in [2.45, 2.75) is 267 Å². The Morgan fingerprint density at radius 1 is 0.544 bits per heavy atom. The number of aliphatic hydroxyl groups is 8. The Morgan fingerprint density at radius 2 is 1.01 bits per heavy atom.